The molecule has 186 valence electrons. The summed E-state index contributed by atoms with van der Waals surface area (Å²) in [7, 11) is -3.34. The topological polar surface area (TPSA) is 66.5 Å². The number of likely N-dealkylation sites (tertiary alicyclic amines) is 1. The highest BCUT2D eigenvalue weighted by molar-refractivity contribution is 9.10. The van der Waals surface area contributed by atoms with Crippen LogP contribution in [0.4, 0.5) is 8.78 Å². The molecule has 0 bridgehead atoms. The molecule has 5 nitrogen and oxygen atoms in total. The molecular weight excluding hydrogens is 526 g/mol. The van der Waals surface area contributed by atoms with E-state index in [2.05, 4.69) is 26.1 Å². The van der Waals surface area contributed by atoms with Gasteiger partial charge < -0.3 is 10.2 Å². The number of nitrogens with zero attached hydrogens (tertiary/aromatic N) is 1. The lowest BCUT2D eigenvalue weighted by Gasteiger charge is -2.33. The van der Waals surface area contributed by atoms with E-state index in [0.29, 0.717) is 18.5 Å². The SMILES string of the molecule is CCC(Br)C(=O)NC1CCN(CCC(c2ccc(S(C)(=O)=O)cc2)c2cc(F)cc(F)c2)CC1. The Morgan fingerprint density at radius 3 is 2.21 bits per heavy atom. The van der Waals surface area contributed by atoms with Gasteiger partial charge in [0.2, 0.25) is 5.91 Å². The van der Waals surface area contributed by atoms with Crippen molar-refractivity contribution in [2.75, 3.05) is 25.9 Å². The number of halogens is 3. The summed E-state index contributed by atoms with van der Waals surface area (Å²) in [4.78, 5) is 14.4. The van der Waals surface area contributed by atoms with Crippen LogP contribution in [0.5, 0.6) is 0 Å². The number of hydrogen-bond acceptors (Lipinski definition) is 4. The van der Waals surface area contributed by atoms with Crippen molar-refractivity contribution in [1.29, 1.82) is 0 Å². The Morgan fingerprint density at radius 2 is 1.68 bits per heavy atom. The molecule has 1 aliphatic heterocycles. The van der Waals surface area contributed by atoms with Crippen molar-refractivity contribution < 1.29 is 22.0 Å². The maximum atomic E-state index is 14.0. The summed E-state index contributed by atoms with van der Waals surface area (Å²) in [5, 5.41) is 3.09. The Kier molecular flexibility index (Phi) is 9.23. The number of piperidine rings is 1. The van der Waals surface area contributed by atoms with Crippen molar-refractivity contribution in [2.45, 2.75) is 54.3 Å². The van der Waals surface area contributed by atoms with E-state index < -0.39 is 21.5 Å². The zero-order chi connectivity index (χ0) is 24.9. The van der Waals surface area contributed by atoms with Crippen LogP contribution in [0.15, 0.2) is 47.4 Å². The molecule has 2 aromatic rings. The number of amides is 1. The second-order valence-electron chi connectivity index (χ2n) is 8.89. The molecule has 1 aliphatic rings. The van der Waals surface area contributed by atoms with Crippen LogP contribution < -0.4 is 5.32 Å². The first-order valence-electron chi connectivity index (χ1n) is 11.5. The molecule has 1 N–H and O–H groups in total. The Hall–Kier alpha value is -1.84. The van der Waals surface area contributed by atoms with Gasteiger partial charge in [-0.05, 0) is 67.6 Å². The zero-order valence-electron chi connectivity index (χ0n) is 19.4. The Labute approximate surface area is 209 Å². The fraction of sp³-hybridized carbons (Fsp3) is 0.480. The summed E-state index contributed by atoms with van der Waals surface area (Å²) < 4.78 is 51.6. The van der Waals surface area contributed by atoms with Gasteiger partial charge in [-0.3, -0.25) is 4.79 Å². The molecule has 0 saturated carbocycles. The van der Waals surface area contributed by atoms with Crippen LogP contribution in [0.2, 0.25) is 0 Å². The molecule has 1 heterocycles. The van der Waals surface area contributed by atoms with Crippen LogP contribution in [0.25, 0.3) is 0 Å². The molecular formula is C25H31BrF2N2O3S. The summed E-state index contributed by atoms with van der Waals surface area (Å²) >= 11 is 3.38. The first-order chi connectivity index (χ1) is 16.1. The lowest BCUT2D eigenvalue weighted by atomic mass is 9.88. The smallest absolute Gasteiger partial charge is 0.233 e. The quantitative estimate of drug-likeness (QED) is 0.457. The van der Waals surface area contributed by atoms with Crippen molar-refractivity contribution in [3.05, 3.63) is 65.2 Å². The molecule has 2 aromatic carbocycles. The van der Waals surface area contributed by atoms with E-state index in [-0.39, 0.29) is 27.6 Å². The van der Waals surface area contributed by atoms with Crippen molar-refractivity contribution in [2.24, 2.45) is 0 Å². The molecule has 2 atom stereocenters. The van der Waals surface area contributed by atoms with Crippen LogP contribution in [0.1, 0.15) is 49.7 Å². The van der Waals surface area contributed by atoms with E-state index in [1.54, 1.807) is 12.1 Å². The van der Waals surface area contributed by atoms with Gasteiger partial charge >= 0.3 is 0 Å². The van der Waals surface area contributed by atoms with E-state index in [1.807, 2.05) is 6.92 Å². The summed E-state index contributed by atoms with van der Waals surface area (Å²) in [6.45, 7) is 4.31. The van der Waals surface area contributed by atoms with Gasteiger partial charge in [0.15, 0.2) is 9.84 Å². The maximum Gasteiger partial charge on any atom is 0.233 e. The van der Waals surface area contributed by atoms with Crippen molar-refractivity contribution in [3.8, 4) is 0 Å². The molecule has 9 heteroatoms. The third-order valence-corrected chi connectivity index (χ3v) is 8.50. The minimum absolute atomic E-state index is 0.0201. The number of nitrogens with one attached hydrogen (secondary N) is 1. The highest BCUT2D eigenvalue weighted by Crippen LogP contribution is 2.31. The van der Waals surface area contributed by atoms with Gasteiger partial charge in [-0.1, -0.05) is 35.0 Å². The van der Waals surface area contributed by atoms with Gasteiger partial charge in [0, 0.05) is 37.4 Å². The number of hydrogen-bond donors (Lipinski definition) is 1. The third kappa shape index (κ3) is 7.33. The second kappa shape index (κ2) is 11.7. The van der Waals surface area contributed by atoms with E-state index in [4.69, 9.17) is 0 Å². The van der Waals surface area contributed by atoms with Gasteiger partial charge in [-0.2, -0.15) is 0 Å². The standard InChI is InChI=1S/C25H31BrF2N2O3S/c1-3-24(26)25(31)29-21-8-11-30(12-9-21)13-10-23(18-14-19(27)16-20(28)15-18)17-4-6-22(7-5-17)34(2,32)33/h4-7,14-16,21,23-24H,3,8-13H2,1-2H3,(H,29,31). The number of carbonyl (C=O) groups excluding carboxylic acids is 1. The van der Waals surface area contributed by atoms with Crippen molar-refractivity contribution in [3.63, 3.8) is 0 Å². The average Bonchev–Trinajstić information content (AvgIpc) is 2.79. The molecule has 2 unspecified atom stereocenters. The predicted molar refractivity (Wildman–Crippen MR) is 133 cm³/mol. The number of benzene rings is 2. The van der Waals surface area contributed by atoms with E-state index in [0.717, 1.165) is 50.2 Å². The van der Waals surface area contributed by atoms with E-state index in [9.17, 15) is 22.0 Å². The number of carbonyl (C=O) groups is 1. The number of rotatable bonds is 9. The minimum Gasteiger partial charge on any atom is -0.352 e. The van der Waals surface area contributed by atoms with Crippen LogP contribution >= 0.6 is 15.9 Å². The Balaban J connectivity index is 1.69. The monoisotopic (exact) mass is 556 g/mol. The molecule has 0 aromatic heterocycles. The molecule has 0 radical (unpaired) electrons. The minimum atomic E-state index is -3.34. The fourth-order valence-corrected chi connectivity index (χ4v) is 5.10. The van der Waals surface area contributed by atoms with Crippen LogP contribution in [0.3, 0.4) is 0 Å². The number of alkyl halides is 1. The van der Waals surface area contributed by atoms with Crippen molar-refractivity contribution >= 4 is 31.7 Å². The highest BCUT2D eigenvalue weighted by Gasteiger charge is 2.24. The van der Waals surface area contributed by atoms with Crippen molar-refractivity contribution in [1.82, 2.24) is 10.2 Å². The van der Waals surface area contributed by atoms with Gasteiger partial charge in [-0.15, -0.1) is 0 Å². The summed E-state index contributed by atoms with van der Waals surface area (Å²) in [6.07, 6.45) is 4.19. The first kappa shape index (κ1) is 26.8. The predicted octanol–water partition coefficient (Wildman–Crippen LogP) is 4.64. The van der Waals surface area contributed by atoms with Gasteiger partial charge in [0.05, 0.1) is 9.72 Å². The molecule has 1 fully saturated rings. The van der Waals surface area contributed by atoms with Crippen LogP contribution in [0, 0.1) is 11.6 Å². The first-order valence-corrected chi connectivity index (χ1v) is 14.3. The summed E-state index contributed by atoms with van der Waals surface area (Å²) in [5.41, 5.74) is 1.33. The highest BCUT2D eigenvalue weighted by atomic mass is 79.9. The lowest BCUT2D eigenvalue weighted by Crippen LogP contribution is -2.46. The molecule has 34 heavy (non-hydrogen) atoms. The van der Waals surface area contributed by atoms with E-state index in [1.165, 1.54) is 24.3 Å². The summed E-state index contributed by atoms with van der Waals surface area (Å²) in [6, 6.07) is 10.2. The second-order valence-corrected chi connectivity index (χ2v) is 12.0. The molecule has 0 aliphatic carbocycles. The molecule has 0 spiro atoms. The third-order valence-electron chi connectivity index (χ3n) is 6.31. The average molecular weight is 558 g/mol. The van der Waals surface area contributed by atoms with Crippen LogP contribution in [-0.4, -0.2) is 56.0 Å². The summed E-state index contributed by atoms with van der Waals surface area (Å²) in [5.74, 6) is -1.54. The Bertz CT molecular complexity index is 1070. The molecule has 3 rings (SSSR count). The van der Waals surface area contributed by atoms with Gasteiger partial charge in [-0.25, -0.2) is 17.2 Å². The van der Waals surface area contributed by atoms with E-state index >= 15 is 0 Å². The van der Waals surface area contributed by atoms with Crippen LogP contribution in [-0.2, 0) is 14.6 Å². The maximum absolute atomic E-state index is 14.0. The largest absolute Gasteiger partial charge is 0.352 e. The normalized spacial score (nSPS) is 17.3. The molecule has 1 saturated heterocycles. The fourth-order valence-electron chi connectivity index (χ4n) is 4.34. The number of sulfone groups is 1. The lowest BCUT2D eigenvalue weighted by molar-refractivity contribution is -0.121. The Morgan fingerprint density at radius 1 is 1.09 bits per heavy atom. The van der Waals surface area contributed by atoms with Gasteiger partial charge in [0.25, 0.3) is 0 Å². The molecule has 1 amide bonds. The zero-order valence-corrected chi connectivity index (χ0v) is 21.8. The van der Waals surface area contributed by atoms with Gasteiger partial charge in [0.1, 0.15) is 11.6 Å².